The fourth-order valence-electron chi connectivity index (χ4n) is 1.90. The van der Waals surface area contributed by atoms with Gasteiger partial charge in [0.25, 0.3) is 0 Å². The molecule has 1 aromatic carbocycles. The number of hydrogen-bond acceptors (Lipinski definition) is 3. The summed E-state index contributed by atoms with van der Waals surface area (Å²) < 4.78 is 24.6. The van der Waals surface area contributed by atoms with Crippen molar-refractivity contribution in [3.05, 3.63) is 29.3 Å². The SMILES string of the molecule is Cc1cccc(C)c1N(C(C)C(=O)O)S(C)(=O)=O. The highest BCUT2D eigenvalue weighted by Gasteiger charge is 2.30. The third kappa shape index (κ3) is 2.81. The van der Waals surface area contributed by atoms with Gasteiger partial charge in [0, 0.05) is 0 Å². The Morgan fingerprint density at radius 1 is 1.28 bits per heavy atom. The molecule has 0 amide bonds. The fourth-order valence-corrected chi connectivity index (χ4v) is 3.18. The van der Waals surface area contributed by atoms with Crippen LogP contribution >= 0.6 is 0 Å². The number of carbonyl (C=O) groups is 1. The van der Waals surface area contributed by atoms with E-state index in [2.05, 4.69) is 0 Å². The molecule has 0 radical (unpaired) electrons. The van der Waals surface area contributed by atoms with Gasteiger partial charge in [-0.15, -0.1) is 0 Å². The molecule has 18 heavy (non-hydrogen) atoms. The number of hydrogen-bond donors (Lipinski definition) is 1. The smallest absolute Gasteiger partial charge is 0.327 e. The predicted molar refractivity (Wildman–Crippen MR) is 70.3 cm³/mol. The Hall–Kier alpha value is -1.56. The maximum Gasteiger partial charge on any atom is 0.327 e. The molecule has 0 aromatic heterocycles. The van der Waals surface area contributed by atoms with Crippen molar-refractivity contribution in [2.45, 2.75) is 26.8 Å². The summed E-state index contributed by atoms with van der Waals surface area (Å²) in [6, 6.07) is 4.18. The molecule has 0 aliphatic carbocycles. The number of nitrogens with zero attached hydrogens (tertiary/aromatic N) is 1. The van der Waals surface area contributed by atoms with Crippen molar-refractivity contribution in [1.82, 2.24) is 0 Å². The Morgan fingerprint density at radius 3 is 2.06 bits per heavy atom. The molecule has 0 bridgehead atoms. The van der Waals surface area contributed by atoms with Crippen LogP contribution in [0.1, 0.15) is 18.1 Å². The number of carboxylic acids is 1. The molecular formula is C12H17NO4S. The van der Waals surface area contributed by atoms with Crippen LogP contribution in [-0.2, 0) is 14.8 Å². The van der Waals surface area contributed by atoms with Gasteiger partial charge >= 0.3 is 5.97 Å². The van der Waals surface area contributed by atoms with Crippen LogP contribution in [0.15, 0.2) is 18.2 Å². The van der Waals surface area contributed by atoms with Crippen molar-refractivity contribution < 1.29 is 18.3 Å². The predicted octanol–water partition coefficient (Wildman–Crippen LogP) is 1.54. The number of aryl methyl sites for hydroxylation is 2. The summed E-state index contributed by atoms with van der Waals surface area (Å²) in [5.74, 6) is -1.18. The number of sulfonamides is 1. The minimum Gasteiger partial charge on any atom is -0.480 e. The number of benzene rings is 1. The summed E-state index contributed by atoms with van der Waals surface area (Å²) >= 11 is 0. The Balaban J connectivity index is 3.51. The summed E-state index contributed by atoms with van der Waals surface area (Å²) in [6.45, 7) is 4.87. The van der Waals surface area contributed by atoms with Gasteiger partial charge in [-0.05, 0) is 31.9 Å². The summed E-state index contributed by atoms with van der Waals surface area (Å²) in [5.41, 5.74) is 1.90. The minimum absolute atomic E-state index is 0.440. The molecule has 100 valence electrons. The van der Waals surface area contributed by atoms with Gasteiger partial charge in [0.1, 0.15) is 6.04 Å². The highest BCUT2D eigenvalue weighted by molar-refractivity contribution is 7.92. The molecule has 1 aromatic rings. The topological polar surface area (TPSA) is 74.7 Å². The molecule has 1 atom stereocenters. The molecule has 0 aliphatic heterocycles. The number of anilines is 1. The average molecular weight is 271 g/mol. The van der Waals surface area contributed by atoms with E-state index in [9.17, 15) is 13.2 Å². The molecule has 0 saturated heterocycles. The van der Waals surface area contributed by atoms with Crippen molar-refractivity contribution in [2.24, 2.45) is 0 Å². The van der Waals surface area contributed by atoms with E-state index in [0.717, 1.165) is 21.7 Å². The number of carboxylic acid groups (broad SMARTS) is 1. The molecule has 5 nitrogen and oxygen atoms in total. The van der Waals surface area contributed by atoms with Crippen LogP contribution in [0.25, 0.3) is 0 Å². The Labute approximate surface area is 107 Å². The highest BCUT2D eigenvalue weighted by atomic mass is 32.2. The first-order valence-corrected chi connectivity index (χ1v) is 7.29. The first kappa shape index (κ1) is 14.5. The lowest BCUT2D eigenvalue weighted by Gasteiger charge is -2.29. The Bertz CT molecular complexity index is 545. The van der Waals surface area contributed by atoms with Crippen LogP contribution in [-0.4, -0.2) is 31.8 Å². The van der Waals surface area contributed by atoms with Crippen molar-refractivity contribution in [3.8, 4) is 0 Å². The molecular weight excluding hydrogens is 254 g/mol. The summed E-state index contributed by atoms with van der Waals surface area (Å²) in [4.78, 5) is 11.1. The quantitative estimate of drug-likeness (QED) is 0.901. The van der Waals surface area contributed by atoms with Crippen molar-refractivity contribution in [3.63, 3.8) is 0 Å². The first-order valence-electron chi connectivity index (χ1n) is 5.44. The molecule has 0 fully saturated rings. The number of aliphatic carboxylic acids is 1. The van der Waals surface area contributed by atoms with Gasteiger partial charge in [0.15, 0.2) is 0 Å². The standard InChI is InChI=1S/C12H17NO4S/c1-8-6-5-7-9(2)11(8)13(18(4,16)17)10(3)12(14)15/h5-7,10H,1-4H3,(H,14,15). The van der Waals surface area contributed by atoms with Crippen LogP contribution in [0.3, 0.4) is 0 Å². The first-order chi connectivity index (χ1) is 8.16. The average Bonchev–Trinajstić information content (AvgIpc) is 2.20. The van der Waals surface area contributed by atoms with Gasteiger partial charge in [0.05, 0.1) is 11.9 Å². The second-order valence-corrected chi connectivity index (χ2v) is 6.17. The summed E-state index contributed by atoms with van der Waals surface area (Å²) in [5, 5.41) is 9.05. The van der Waals surface area contributed by atoms with Crippen molar-refractivity contribution >= 4 is 21.7 Å². The largest absolute Gasteiger partial charge is 0.480 e. The van der Waals surface area contributed by atoms with E-state index in [4.69, 9.17) is 5.11 Å². The van der Waals surface area contributed by atoms with Crippen LogP contribution < -0.4 is 4.31 Å². The lowest BCUT2D eigenvalue weighted by Crippen LogP contribution is -2.43. The summed E-state index contributed by atoms with van der Waals surface area (Å²) in [7, 11) is -3.65. The lowest BCUT2D eigenvalue weighted by atomic mass is 10.1. The molecule has 1 N–H and O–H groups in total. The molecule has 6 heteroatoms. The van der Waals surface area contributed by atoms with E-state index in [1.54, 1.807) is 32.0 Å². The zero-order valence-electron chi connectivity index (χ0n) is 10.8. The molecule has 1 rings (SSSR count). The molecule has 0 aliphatic rings. The van der Waals surface area contributed by atoms with E-state index < -0.39 is 22.0 Å². The van der Waals surface area contributed by atoms with Crippen LogP contribution in [0, 0.1) is 13.8 Å². The van der Waals surface area contributed by atoms with E-state index in [1.165, 1.54) is 6.92 Å². The third-order valence-electron chi connectivity index (χ3n) is 2.73. The van der Waals surface area contributed by atoms with Crippen LogP contribution in [0.2, 0.25) is 0 Å². The number of rotatable bonds is 4. The monoisotopic (exact) mass is 271 g/mol. The van der Waals surface area contributed by atoms with Gasteiger partial charge < -0.3 is 5.11 Å². The van der Waals surface area contributed by atoms with E-state index >= 15 is 0 Å². The molecule has 0 saturated carbocycles. The van der Waals surface area contributed by atoms with Gasteiger partial charge in [-0.1, -0.05) is 18.2 Å². The second-order valence-electron chi connectivity index (χ2n) is 4.31. The van der Waals surface area contributed by atoms with E-state index in [0.29, 0.717) is 5.69 Å². The van der Waals surface area contributed by atoms with Crippen molar-refractivity contribution in [2.75, 3.05) is 10.6 Å². The van der Waals surface area contributed by atoms with Crippen LogP contribution in [0.4, 0.5) is 5.69 Å². The Morgan fingerprint density at radius 2 is 1.72 bits per heavy atom. The lowest BCUT2D eigenvalue weighted by molar-refractivity contribution is -0.137. The third-order valence-corrected chi connectivity index (χ3v) is 3.94. The van der Waals surface area contributed by atoms with E-state index in [-0.39, 0.29) is 0 Å². The van der Waals surface area contributed by atoms with Gasteiger partial charge in [-0.2, -0.15) is 0 Å². The zero-order valence-corrected chi connectivity index (χ0v) is 11.7. The number of para-hydroxylation sites is 1. The maximum absolute atomic E-state index is 11.8. The summed E-state index contributed by atoms with van der Waals surface area (Å²) in [6.07, 6.45) is 1.01. The van der Waals surface area contributed by atoms with Gasteiger partial charge in [0.2, 0.25) is 10.0 Å². The Kier molecular flexibility index (Phi) is 4.01. The van der Waals surface area contributed by atoms with Gasteiger partial charge in [-0.3, -0.25) is 4.31 Å². The maximum atomic E-state index is 11.8. The van der Waals surface area contributed by atoms with Crippen LogP contribution in [0.5, 0.6) is 0 Å². The highest BCUT2D eigenvalue weighted by Crippen LogP contribution is 2.28. The minimum atomic E-state index is -3.65. The molecule has 0 spiro atoms. The fraction of sp³-hybridized carbons (Fsp3) is 0.417. The normalized spacial score (nSPS) is 13.1. The molecule has 1 unspecified atom stereocenters. The molecule has 0 heterocycles. The zero-order chi connectivity index (χ0) is 14.1. The van der Waals surface area contributed by atoms with E-state index in [1.807, 2.05) is 0 Å². The van der Waals surface area contributed by atoms with Crippen molar-refractivity contribution in [1.29, 1.82) is 0 Å². The second kappa shape index (κ2) is 4.97. The van der Waals surface area contributed by atoms with Gasteiger partial charge in [-0.25, -0.2) is 13.2 Å².